The Bertz CT molecular complexity index is 1270. The van der Waals surface area contributed by atoms with Gasteiger partial charge in [-0.1, -0.05) is 47.1 Å². The Morgan fingerprint density at radius 2 is 1.19 bits per heavy atom. The van der Waals surface area contributed by atoms with Crippen molar-refractivity contribution < 1.29 is 0 Å². The molecular formula is C23H26S4. The van der Waals surface area contributed by atoms with E-state index in [1.54, 1.807) is 50.0 Å². The first-order chi connectivity index (χ1) is 12.5. The van der Waals surface area contributed by atoms with Crippen LogP contribution in [0.3, 0.4) is 0 Å². The quantitative estimate of drug-likeness (QED) is 0.260. The van der Waals surface area contributed by atoms with Crippen LogP contribution in [0.2, 0.25) is 0 Å². The standard InChI is InChI=1S/C23H26S4/c1-10-13(22(3,4)5)9-12-14(10)24-18-16(12)26-19-17-15(25-20(18)19)11(2)21(27-17)23(6,7)8/h9H2,1-8H3. The fourth-order valence-corrected chi connectivity index (χ4v) is 10.7. The van der Waals surface area contributed by atoms with Crippen molar-refractivity contribution in [2.24, 2.45) is 5.41 Å². The maximum absolute atomic E-state index is 2.36. The van der Waals surface area contributed by atoms with E-state index in [-0.39, 0.29) is 10.8 Å². The molecule has 0 spiro atoms. The van der Waals surface area contributed by atoms with Gasteiger partial charge >= 0.3 is 0 Å². The summed E-state index contributed by atoms with van der Waals surface area (Å²) in [4.78, 5) is 3.12. The minimum Gasteiger partial charge on any atom is -0.137 e. The predicted molar refractivity (Wildman–Crippen MR) is 130 cm³/mol. The highest BCUT2D eigenvalue weighted by atomic mass is 32.1. The summed E-state index contributed by atoms with van der Waals surface area (Å²) in [6.07, 6.45) is 1.15. The first kappa shape index (κ1) is 18.4. The minimum absolute atomic E-state index is 0.234. The number of fused-ring (bicyclic) bond motifs is 7. The zero-order chi connectivity index (χ0) is 19.5. The molecule has 4 aromatic heterocycles. The van der Waals surface area contributed by atoms with Crippen molar-refractivity contribution >= 4 is 79.1 Å². The lowest BCUT2D eigenvalue weighted by molar-refractivity contribution is 0.497. The summed E-state index contributed by atoms with van der Waals surface area (Å²) >= 11 is 8.19. The van der Waals surface area contributed by atoms with E-state index in [4.69, 9.17) is 0 Å². The molecule has 0 saturated heterocycles. The topological polar surface area (TPSA) is 0 Å². The zero-order valence-electron chi connectivity index (χ0n) is 17.3. The van der Waals surface area contributed by atoms with Crippen molar-refractivity contribution in [2.75, 3.05) is 0 Å². The molecule has 4 aromatic rings. The van der Waals surface area contributed by atoms with E-state index in [0.717, 1.165) is 6.42 Å². The van der Waals surface area contributed by atoms with Gasteiger partial charge in [-0.25, -0.2) is 0 Å². The van der Waals surface area contributed by atoms with Crippen LogP contribution in [0.5, 0.6) is 0 Å². The predicted octanol–water partition coefficient (Wildman–Crippen LogP) is 9.37. The third-order valence-corrected chi connectivity index (χ3v) is 12.2. The maximum Gasteiger partial charge on any atom is 0.0651 e. The van der Waals surface area contributed by atoms with Crippen molar-refractivity contribution in [3.63, 3.8) is 0 Å². The number of hydrogen-bond donors (Lipinski definition) is 0. The highest BCUT2D eigenvalue weighted by Crippen LogP contribution is 2.56. The van der Waals surface area contributed by atoms with Crippen LogP contribution in [-0.2, 0) is 11.8 Å². The van der Waals surface area contributed by atoms with E-state index >= 15 is 0 Å². The van der Waals surface area contributed by atoms with E-state index in [2.05, 4.69) is 78.1 Å². The van der Waals surface area contributed by atoms with Crippen LogP contribution in [-0.4, -0.2) is 0 Å². The molecule has 0 bridgehead atoms. The van der Waals surface area contributed by atoms with Gasteiger partial charge in [0, 0.05) is 9.75 Å². The average molecular weight is 431 g/mol. The van der Waals surface area contributed by atoms with E-state index in [1.165, 1.54) is 10.3 Å². The lowest BCUT2D eigenvalue weighted by Crippen LogP contribution is -2.10. The molecule has 1 aliphatic carbocycles. The summed E-state index contributed by atoms with van der Waals surface area (Å²) < 4.78 is 9.29. The highest BCUT2D eigenvalue weighted by Gasteiger charge is 2.32. The van der Waals surface area contributed by atoms with Crippen LogP contribution >= 0.6 is 45.3 Å². The lowest BCUT2D eigenvalue weighted by atomic mass is 9.84. The summed E-state index contributed by atoms with van der Waals surface area (Å²) in [5, 5.41) is 0. The normalized spacial score (nSPS) is 15.9. The molecule has 0 unspecified atom stereocenters. The second-order valence-electron chi connectivity index (χ2n) is 9.93. The Morgan fingerprint density at radius 1 is 0.630 bits per heavy atom. The molecular weight excluding hydrogens is 405 g/mol. The van der Waals surface area contributed by atoms with Crippen LogP contribution in [0.15, 0.2) is 5.57 Å². The van der Waals surface area contributed by atoms with Crippen LogP contribution in [0.1, 0.15) is 69.3 Å². The second kappa shape index (κ2) is 5.47. The van der Waals surface area contributed by atoms with Crippen molar-refractivity contribution in [1.82, 2.24) is 0 Å². The van der Waals surface area contributed by atoms with Gasteiger partial charge in [0.15, 0.2) is 0 Å². The largest absolute Gasteiger partial charge is 0.137 e. The molecule has 1 aliphatic rings. The van der Waals surface area contributed by atoms with Crippen molar-refractivity contribution in [3.8, 4) is 0 Å². The van der Waals surface area contributed by atoms with Crippen molar-refractivity contribution in [1.29, 1.82) is 0 Å². The maximum atomic E-state index is 2.36. The SMILES string of the molecule is CC1=C(C(C)(C)C)Cc2c1sc1c2sc2c3sc(C(C)(C)C)c(C)c3sc12. The van der Waals surface area contributed by atoms with Gasteiger partial charge in [-0.2, -0.15) is 0 Å². The third-order valence-electron chi connectivity index (χ3n) is 5.81. The van der Waals surface area contributed by atoms with Crippen LogP contribution in [0.4, 0.5) is 0 Å². The monoisotopic (exact) mass is 430 g/mol. The van der Waals surface area contributed by atoms with Gasteiger partial charge in [-0.05, 0) is 47.8 Å². The van der Waals surface area contributed by atoms with Crippen LogP contribution < -0.4 is 0 Å². The molecule has 0 aliphatic heterocycles. The first-order valence-corrected chi connectivity index (χ1v) is 12.9. The number of rotatable bonds is 0. The highest BCUT2D eigenvalue weighted by molar-refractivity contribution is 7.44. The van der Waals surface area contributed by atoms with E-state index < -0.39 is 0 Å². The van der Waals surface area contributed by atoms with Gasteiger partial charge < -0.3 is 0 Å². The fraction of sp³-hybridized carbons (Fsp3) is 0.478. The number of thiophene rings is 4. The van der Waals surface area contributed by atoms with Gasteiger partial charge in [0.1, 0.15) is 0 Å². The average Bonchev–Trinajstić information content (AvgIpc) is 3.24. The summed E-state index contributed by atoms with van der Waals surface area (Å²) in [6.45, 7) is 18.8. The summed E-state index contributed by atoms with van der Waals surface area (Å²) in [5.74, 6) is 0. The van der Waals surface area contributed by atoms with E-state index in [0.29, 0.717) is 0 Å². The number of aryl methyl sites for hydroxylation is 1. The molecule has 4 heteroatoms. The summed E-state index contributed by atoms with van der Waals surface area (Å²) in [7, 11) is 0. The van der Waals surface area contributed by atoms with Gasteiger partial charge in [-0.3, -0.25) is 0 Å². The first-order valence-electron chi connectivity index (χ1n) is 9.59. The molecule has 0 N–H and O–H groups in total. The van der Waals surface area contributed by atoms with E-state index in [9.17, 15) is 0 Å². The molecule has 0 fully saturated rings. The van der Waals surface area contributed by atoms with Gasteiger partial charge in [0.2, 0.25) is 0 Å². The smallest absolute Gasteiger partial charge is 0.0651 e. The molecule has 27 heavy (non-hydrogen) atoms. The van der Waals surface area contributed by atoms with Crippen LogP contribution in [0, 0.1) is 12.3 Å². The summed E-state index contributed by atoms with van der Waals surface area (Å²) in [5.41, 5.74) is 6.81. The van der Waals surface area contributed by atoms with Crippen molar-refractivity contribution in [2.45, 2.75) is 67.2 Å². The molecule has 142 valence electrons. The van der Waals surface area contributed by atoms with Gasteiger partial charge in [0.25, 0.3) is 0 Å². The summed E-state index contributed by atoms with van der Waals surface area (Å²) in [6, 6.07) is 0. The Labute approximate surface area is 177 Å². The third kappa shape index (κ3) is 2.43. The molecule has 0 nitrogen and oxygen atoms in total. The molecule has 0 amide bonds. The molecule has 4 heterocycles. The number of allylic oxidation sites excluding steroid dienone is 2. The van der Waals surface area contributed by atoms with Gasteiger partial charge in [0.05, 0.1) is 28.2 Å². The molecule has 0 aromatic carbocycles. The molecule has 0 saturated carbocycles. The Kier molecular flexibility index (Phi) is 3.72. The zero-order valence-corrected chi connectivity index (χ0v) is 20.6. The van der Waals surface area contributed by atoms with E-state index in [1.807, 2.05) is 22.7 Å². The second-order valence-corrected chi connectivity index (χ2v) is 14.0. The minimum atomic E-state index is 0.234. The molecule has 5 rings (SSSR count). The lowest BCUT2D eigenvalue weighted by Gasteiger charge is -2.21. The Morgan fingerprint density at radius 3 is 1.78 bits per heavy atom. The Balaban J connectivity index is 1.76. The molecule has 0 radical (unpaired) electrons. The number of hydrogen-bond acceptors (Lipinski definition) is 4. The fourth-order valence-electron chi connectivity index (χ4n) is 4.53. The molecule has 0 atom stereocenters. The van der Waals surface area contributed by atoms with Gasteiger partial charge in [-0.15, -0.1) is 45.3 Å². The Hall–Kier alpha value is -0.680. The van der Waals surface area contributed by atoms with Crippen molar-refractivity contribution in [3.05, 3.63) is 26.5 Å². The van der Waals surface area contributed by atoms with Crippen LogP contribution in [0.25, 0.3) is 33.8 Å².